The third-order valence-corrected chi connectivity index (χ3v) is 5.78. The van der Waals surface area contributed by atoms with E-state index < -0.39 is 15.8 Å². The maximum Gasteiger partial charge on any atom is 0.243 e. The molecule has 1 saturated heterocycles. The summed E-state index contributed by atoms with van der Waals surface area (Å²) in [5.74, 6) is -0.450. The Morgan fingerprint density at radius 3 is 2.70 bits per heavy atom. The van der Waals surface area contributed by atoms with Gasteiger partial charge in [0.15, 0.2) is 0 Å². The van der Waals surface area contributed by atoms with Gasteiger partial charge in [0, 0.05) is 19.6 Å². The van der Waals surface area contributed by atoms with Gasteiger partial charge >= 0.3 is 0 Å². The van der Waals surface area contributed by atoms with Gasteiger partial charge in [0.05, 0.1) is 9.37 Å². The summed E-state index contributed by atoms with van der Waals surface area (Å²) in [5, 5.41) is 3.16. The second-order valence-corrected chi connectivity index (χ2v) is 7.30. The number of rotatable bonds is 2. The van der Waals surface area contributed by atoms with Crippen molar-refractivity contribution in [2.75, 3.05) is 26.2 Å². The minimum atomic E-state index is -3.56. The van der Waals surface area contributed by atoms with E-state index in [2.05, 4.69) is 21.2 Å². The summed E-state index contributed by atoms with van der Waals surface area (Å²) < 4.78 is 40.2. The maximum atomic E-state index is 13.4. The van der Waals surface area contributed by atoms with Gasteiger partial charge in [0.2, 0.25) is 10.0 Å². The van der Waals surface area contributed by atoms with Gasteiger partial charge in [0.1, 0.15) is 5.82 Å². The molecule has 1 heterocycles. The molecule has 0 unspecified atom stereocenters. The van der Waals surface area contributed by atoms with Gasteiger partial charge in [-0.3, -0.25) is 0 Å². The van der Waals surface area contributed by atoms with E-state index in [4.69, 9.17) is 0 Å². The number of hydrogen-bond acceptors (Lipinski definition) is 3. The molecule has 1 aliphatic rings. The summed E-state index contributed by atoms with van der Waals surface area (Å²) in [6, 6.07) is 2.59. The molecule has 114 valence electrons. The molecule has 0 aromatic heterocycles. The van der Waals surface area contributed by atoms with Crippen molar-refractivity contribution >= 4 is 38.4 Å². The molecular weight excluding hydrogens is 371 g/mol. The lowest BCUT2D eigenvalue weighted by atomic mass is 10.2. The first-order valence-corrected chi connectivity index (χ1v) is 8.33. The Morgan fingerprint density at radius 2 is 2.00 bits per heavy atom. The third kappa shape index (κ3) is 3.71. The summed E-state index contributed by atoms with van der Waals surface area (Å²) in [4.78, 5) is 0.169. The summed E-state index contributed by atoms with van der Waals surface area (Å²) >= 11 is 3.04. The third-order valence-electron chi connectivity index (χ3n) is 3.13. The Kier molecular flexibility index (Phi) is 6.40. The number of halogens is 3. The highest BCUT2D eigenvalue weighted by molar-refractivity contribution is 9.10. The predicted octanol–water partition coefficient (Wildman–Crippen LogP) is 2.30. The van der Waals surface area contributed by atoms with Crippen LogP contribution >= 0.6 is 28.3 Å². The molecule has 8 heteroatoms. The molecule has 1 aromatic rings. The summed E-state index contributed by atoms with van der Waals surface area (Å²) in [7, 11) is -3.56. The number of benzene rings is 1. The van der Waals surface area contributed by atoms with E-state index in [-0.39, 0.29) is 21.8 Å². The van der Waals surface area contributed by atoms with Crippen LogP contribution in [0.5, 0.6) is 0 Å². The van der Waals surface area contributed by atoms with Gasteiger partial charge in [-0.1, -0.05) is 0 Å². The molecule has 2 rings (SSSR count). The van der Waals surface area contributed by atoms with Crippen LogP contribution in [-0.2, 0) is 10.0 Å². The van der Waals surface area contributed by atoms with Gasteiger partial charge in [-0.15, -0.1) is 12.4 Å². The topological polar surface area (TPSA) is 49.4 Å². The number of nitrogens with one attached hydrogen (secondary N) is 1. The van der Waals surface area contributed by atoms with Crippen LogP contribution in [0.4, 0.5) is 4.39 Å². The van der Waals surface area contributed by atoms with Crippen LogP contribution in [0.2, 0.25) is 0 Å². The van der Waals surface area contributed by atoms with E-state index in [9.17, 15) is 12.8 Å². The first-order chi connectivity index (χ1) is 8.93. The fourth-order valence-electron chi connectivity index (χ4n) is 2.11. The number of hydrogen-bond donors (Lipinski definition) is 1. The highest BCUT2D eigenvalue weighted by Crippen LogP contribution is 2.26. The standard InChI is InChI=1S/C12H16BrFN2O2S.ClH/c1-9-7-11(14)10(13)8-12(9)19(17,18)16-5-2-3-15-4-6-16;/h7-8,15H,2-6H2,1H3;1H. The van der Waals surface area contributed by atoms with E-state index in [0.717, 1.165) is 13.0 Å². The highest BCUT2D eigenvalue weighted by atomic mass is 79.9. The average Bonchev–Trinajstić information content (AvgIpc) is 2.62. The molecule has 1 aliphatic heterocycles. The predicted molar refractivity (Wildman–Crippen MR) is 82.3 cm³/mol. The number of sulfonamides is 1. The van der Waals surface area contributed by atoms with Gasteiger partial charge < -0.3 is 5.32 Å². The molecular formula is C12H17BrClFN2O2S. The zero-order valence-corrected chi connectivity index (χ0v) is 14.2. The lowest BCUT2D eigenvalue weighted by Gasteiger charge is -2.21. The Balaban J connectivity index is 0.00000200. The zero-order valence-electron chi connectivity index (χ0n) is 11.0. The van der Waals surface area contributed by atoms with E-state index in [0.29, 0.717) is 25.2 Å². The van der Waals surface area contributed by atoms with Crippen LogP contribution in [0.15, 0.2) is 21.5 Å². The van der Waals surface area contributed by atoms with E-state index >= 15 is 0 Å². The quantitative estimate of drug-likeness (QED) is 0.847. The Morgan fingerprint density at radius 1 is 1.30 bits per heavy atom. The normalized spacial score (nSPS) is 17.4. The van der Waals surface area contributed by atoms with E-state index in [1.165, 1.54) is 16.4 Å². The summed E-state index contributed by atoms with van der Waals surface area (Å²) in [6.45, 7) is 4.00. The molecule has 0 saturated carbocycles. The van der Waals surface area contributed by atoms with Crippen LogP contribution in [-0.4, -0.2) is 38.9 Å². The van der Waals surface area contributed by atoms with Gasteiger partial charge in [-0.05, 0) is 53.5 Å². The average molecular weight is 388 g/mol. The smallest absolute Gasteiger partial charge is 0.243 e. The van der Waals surface area contributed by atoms with Gasteiger partial charge in [-0.2, -0.15) is 4.31 Å². The molecule has 0 radical (unpaired) electrons. The fourth-order valence-corrected chi connectivity index (χ4v) is 4.31. The van der Waals surface area contributed by atoms with Crippen LogP contribution < -0.4 is 5.32 Å². The molecule has 0 bridgehead atoms. The molecule has 1 N–H and O–H groups in total. The van der Waals surface area contributed by atoms with Crippen LogP contribution in [0.3, 0.4) is 0 Å². The van der Waals surface area contributed by atoms with E-state index in [1.807, 2.05) is 0 Å². The number of aryl methyl sites for hydroxylation is 1. The first-order valence-electron chi connectivity index (χ1n) is 6.09. The second kappa shape index (κ2) is 7.17. The largest absolute Gasteiger partial charge is 0.315 e. The summed E-state index contributed by atoms with van der Waals surface area (Å²) in [6.07, 6.45) is 0.778. The molecule has 0 spiro atoms. The Bertz CT molecular complexity index is 575. The van der Waals surface area contributed by atoms with E-state index in [1.54, 1.807) is 6.92 Å². The van der Waals surface area contributed by atoms with Crippen LogP contribution in [0.1, 0.15) is 12.0 Å². The maximum absolute atomic E-state index is 13.4. The van der Waals surface area contributed by atoms with Crippen LogP contribution in [0, 0.1) is 12.7 Å². The molecule has 0 atom stereocenters. The molecule has 4 nitrogen and oxygen atoms in total. The van der Waals surface area contributed by atoms with Crippen molar-refractivity contribution in [3.63, 3.8) is 0 Å². The first kappa shape index (κ1) is 17.8. The number of nitrogens with zero attached hydrogens (tertiary/aromatic N) is 1. The molecule has 1 fully saturated rings. The van der Waals surface area contributed by atoms with Crippen LogP contribution in [0.25, 0.3) is 0 Å². The minimum absolute atomic E-state index is 0. The molecule has 20 heavy (non-hydrogen) atoms. The minimum Gasteiger partial charge on any atom is -0.315 e. The Hall–Kier alpha value is -0.210. The zero-order chi connectivity index (χ0) is 14.0. The van der Waals surface area contributed by atoms with Gasteiger partial charge in [0.25, 0.3) is 0 Å². The lowest BCUT2D eigenvalue weighted by molar-refractivity contribution is 0.431. The lowest BCUT2D eigenvalue weighted by Crippen LogP contribution is -2.34. The van der Waals surface area contributed by atoms with Crippen molar-refractivity contribution in [1.29, 1.82) is 0 Å². The monoisotopic (exact) mass is 386 g/mol. The molecule has 0 aliphatic carbocycles. The van der Waals surface area contributed by atoms with Crippen molar-refractivity contribution in [2.45, 2.75) is 18.2 Å². The van der Waals surface area contributed by atoms with Crippen molar-refractivity contribution < 1.29 is 12.8 Å². The SMILES string of the molecule is Cc1cc(F)c(Br)cc1S(=O)(=O)N1CCCNCC1.Cl. The van der Waals surface area contributed by atoms with Crippen molar-refractivity contribution in [2.24, 2.45) is 0 Å². The van der Waals surface area contributed by atoms with Crippen molar-refractivity contribution in [1.82, 2.24) is 9.62 Å². The van der Waals surface area contributed by atoms with Crippen molar-refractivity contribution in [3.05, 3.63) is 28.0 Å². The van der Waals surface area contributed by atoms with Gasteiger partial charge in [-0.25, -0.2) is 12.8 Å². The van der Waals surface area contributed by atoms with Crippen molar-refractivity contribution in [3.8, 4) is 0 Å². The highest BCUT2D eigenvalue weighted by Gasteiger charge is 2.27. The molecule has 1 aromatic carbocycles. The fraction of sp³-hybridized carbons (Fsp3) is 0.500. The second-order valence-electron chi connectivity index (χ2n) is 4.54. The summed E-state index contributed by atoms with van der Waals surface area (Å²) in [5.41, 5.74) is 0.429. The Labute approximate surface area is 133 Å². The molecule has 0 amide bonds.